The molecule has 4 rings (SSSR count). The number of imidazole rings is 1. The van der Waals surface area contributed by atoms with Gasteiger partial charge in [0, 0.05) is 51.7 Å². The van der Waals surface area contributed by atoms with Crippen molar-refractivity contribution in [2.75, 3.05) is 43.3 Å². The first-order chi connectivity index (χ1) is 13.5. The highest BCUT2D eigenvalue weighted by Gasteiger charge is 2.12. The molecule has 1 N–H and O–H groups in total. The number of aromatic nitrogens is 3. The van der Waals surface area contributed by atoms with Gasteiger partial charge >= 0.3 is 0 Å². The molecule has 0 aliphatic rings. The Morgan fingerprint density at radius 2 is 1.71 bits per heavy atom. The van der Waals surface area contributed by atoms with E-state index < -0.39 is 0 Å². The van der Waals surface area contributed by atoms with Crippen LogP contribution in [-0.4, -0.2) is 42.8 Å². The fourth-order valence-electron chi connectivity index (χ4n) is 2.99. The van der Waals surface area contributed by atoms with Crippen molar-refractivity contribution in [2.45, 2.75) is 6.54 Å². The molecule has 0 saturated heterocycles. The molecule has 2 heterocycles. The molecule has 28 heavy (non-hydrogen) atoms. The summed E-state index contributed by atoms with van der Waals surface area (Å²) in [6.45, 7) is 0.732. The van der Waals surface area contributed by atoms with Crippen molar-refractivity contribution in [3.63, 3.8) is 0 Å². The second kappa shape index (κ2) is 7.52. The zero-order valence-corrected chi connectivity index (χ0v) is 17.4. The van der Waals surface area contributed by atoms with Crippen LogP contribution in [0.3, 0.4) is 0 Å². The van der Waals surface area contributed by atoms with Crippen molar-refractivity contribution in [3.05, 3.63) is 60.3 Å². The molecule has 0 unspecified atom stereocenters. The predicted octanol–water partition coefficient (Wildman–Crippen LogP) is 4.20. The molecule has 0 fully saturated rings. The highest BCUT2D eigenvalue weighted by atomic mass is 32.1. The lowest BCUT2D eigenvalue weighted by molar-refractivity contribution is 0.967. The third-order valence-electron chi connectivity index (χ3n) is 4.64. The summed E-state index contributed by atoms with van der Waals surface area (Å²) in [5, 5.41) is 9.01. The molecule has 0 atom stereocenters. The number of rotatable bonds is 6. The van der Waals surface area contributed by atoms with Crippen LogP contribution in [0.4, 0.5) is 16.5 Å². The lowest BCUT2D eigenvalue weighted by Gasteiger charge is -2.13. The zero-order chi connectivity index (χ0) is 19.7. The van der Waals surface area contributed by atoms with Crippen LogP contribution in [-0.2, 0) is 6.54 Å². The van der Waals surface area contributed by atoms with Gasteiger partial charge in [0.05, 0.1) is 11.9 Å². The third-order valence-corrected chi connectivity index (χ3v) is 5.52. The standard InChI is InChI=1S/C21H24N6S/c1-25(2)17-10-8-15(9-11-17)13-22-20-24-27-19(14-23-21(27)28-20)16-6-5-7-18(12-16)26(3)4/h5-12,14H,13H2,1-4H3,(H,22,24). The summed E-state index contributed by atoms with van der Waals surface area (Å²) >= 11 is 1.56. The van der Waals surface area contributed by atoms with Crippen molar-refractivity contribution in [3.8, 4) is 11.3 Å². The van der Waals surface area contributed by atoms with Crippen LogP contribution in [0.1, 0.15) is 5.56 Å². The van der Waals surface area contributed by atoms with Crippen molar-refractivity contribution >= 4 is 32.8 Å². The smallest absolute Gasteiger partial charge is 0.214 e. The number of anilines is 3. The molecule has 2 aromatic carbocycles. The van der Waals surface area contributed by atoms with Gasteiger partial charge in [-0.15, -0.1) is 5.10 Å². The second-order valence-electron chi connectivity index (χ2n) is 7.10. The van der Waals surface area contributed by atoms with Gasteiger partial charge in [0.15, 0.2) is 0 Å². The van der Waals surface area contributed by atoms with E-state index in [1.807, 2.05) is 38.9 Å². The van der Waals surface area contributed by atoms with E-state index in [0.29, 0.717) is 0 Å². The first-order valence-electron chi connectivity index (χ1n) is 9.14. The van der Waals surface area contributed by atoms with E-state index in [4.69, 9.17) is 5.10 Å². The first-order valence-corrected chi connectivity index (χ1v) is 9.95. The number of nitrogens with one attached hydrogen (secondary N) is 1. The summed E-state index contributed by atoms with van der Waals surface area (Å²) in [7, 11) is 8.18. The van der Waals surface area contributed by atoms with Crippen LogP contribution in [0.15, 0.2) is 54.7 Å². The van der Waals surface area contributed by atoms with E-state index in [9.17, 15) is 0 Å². The molecule has 6 nitrogen and oxygen atoms in total. The van der Waals surface area contributed by atoms with E-state index in [1.54, 1.807) is 11.3 Å². The van der Waals surface area contributed by atoms with Gasteiger partial charge in [-0.25, -0.2) is 9.50 Å². The van der Waals surface area contributed by atoms with Crippen LogP contribution in [0.25, 0.3) is 16.2 Å². The summed E-state index contributed by atoms with van der Waals surface area (Å²) in [5.41, 5.74) is 5.67. The maximum atomic E-state index is 4.72. The predicted molar refractivity (Wildman–Crippen MR) is 119 cm³/mol. The first kappa shape index (κ1) is 18.3. The van der Waals surface area contributed by atoms with Crippen LogP contribution in [0.5, 0.6) is 0 Å². The number of hydrogen-bond acceptors (Lipinski definition) is 6. The maximum Gasteiger partial charge on any atom is 0.214 e. The molecule has 0 spiro atoms. The minimum Gasteiger partial charge on any atom is -0.378 e. The van der Waals surface area contributed by atoms with Gasteiger partial charge in [0.25, 0.3) is 0 Å². The van der Waals surface area contributed by atoms with E-state index in [-0.39, 0.29) is 0 Å². The van der Waals surface area contributed by atoms with E-state index in [2.05, 4.69) is 68.6 Å². The molecule has 0 bridgehead atoms. The Balaban J connectivity index is 1.53. The topological polar surface area (TPSA) is 48.7 Å². The average Bonchev–Trinajstić information content (AvgIpc) is 3.27. The molecule has 0 aliphatic carbocycles. The van der Waals surface area contributed by atoms with Crippen molar-refractivity contribution in [1.82, 2.24) is 14.6 Å². The quantitative estimate of drug-likeness (QED) is 0.533. The highest BCUT2D eigenvalue weighted by molar-refractivity contribution is 7.20. The summed E-state index contributed by atoms with van der Waals surface area (Å²) in [5.74, 6) is 0. The Labute approximate surface area is 169 Å². The molecule has 144 valence electrons. The van der Waals surface area contributed by atoms with Crippen LogP contribution in [0, 0.1) is 0 Å². The molecular formula is C21H24N6S. The minimum atomic E-state index is 0.732. The molecule has 4 aromatic rings. The van der Waals surface area contributed by atoms with E-state index in [0.717, 1.165) is 33.6 Å². The number of benzene rings is 2. The number of hydrogen-bond donors (Lipinski definition) is 1. The van der Waals surface area contributed by atoms with Gasteiger partial charge in [0.1, 0.15) is 0 Å². The van der Waals surface area contributed by atoms with E-state index in [1.165, 1.54) is 11.3 Å². The SMILES string of the molecule is CN(C)c1ccc(CNc2nn3c(-c4cccc(N(C)C)c4)cnc3s2)cc1. The lowest BCUT2D eigenvalue weighted by Crippen LogP contribution is -2.08. The maximum absolute atomic E-state index is 4.72. The van der Waals surface area contributed by atoms with Gasteiger partial charge in [-0.3, -0.25) is 0 Å². The summed E-state index contributed by atoms with van der Waals surface area (Å²) in [6, 6.07) is 16.9. The lowest BCUT2D eigenvalue weighted by atomic mass is 10.1. The molecular weight excluding hydrogens is 368 g/mol. The minimum absolute atomic E-state index is 0.732. The van der Waals surface area contributed by atoms with Crippen molar-refractivity contribution < 1.29 is 0 Å². The Morgan fingerprint density at radius 1 is 0.964 bits per heavy atom. The molecule has 2 aromatic heterocycles. The normalized spacial score (nSPS) is 11.0. The summed E-state index contributed by atoms with van der Waals surface area (Å²) < 4.78 is 1.91. The third kappa shape index (κ3) is 3.66. The Kier molecular flexibility index (Phi) is 4.92. The van der Waals surface area contributed by atoms with Crippen molar-refractivity contribution in [2.24, 2.45) is 0 Å². The summed E-state index contributed by atoms with van der Waals surface area (Å²) in [6.07, 6.45) is 1.89. The van der Waals surface area contributed by atoms with Crippen LogP contribution in [0.2, 0.25) is 0 Å². The molecule has 0 saturated carbocycles. The molecule has 7 heteroatoms. The van der Waals surface area contributed by atoms with Gasteiger partial charge in [-0.05, 0) is 29.8 Å². The van der Waals surface area contributed by atoms with Gasteiger partial charge in [0.2, 0.25) is 10.1 Å². The molecule has 0 aliphatic heterocycles. The van der Waals surface area contributed by atoms with Gasteiger partial charge in [-0.1, -0.05) is 35.6 Å². The number of nitrogens with zero attached hydrogens (tertiary/aromatic N) is 5. The number of fused-ring (bicyclic) bond motifs is 1. The Morgan fingerprint density at radius 3 is 2.43 bits per heavy atom. The zero-order valence-electron chi connectivity index (χ0n) is 16.5. The average molecular weight is 393 g/mol. The van der Waals surface area contributed by atoms with Crippen molar-refractivity contribution in [1.29, 1.82) is 0 Å². The van der Waals surface area contributed by atoms with Crippen LogP contribution >= 0.6 is 11.3 Å². The monoisotopic (exact) mass is 392 g/mol. The fraction of sp³-hybridized carbons (Fsp3) is 0.238. The fourth-order valence-corrected chi connectivity index (χ4v) is 3.76. The van der Waals surface area contributed by atoms with E-state index >= 15 is 0 Å². The summed E-state index contributed by atoms with van der Waals surface area (Å²) in [4.78, 5) is 9.61. The second-order valence-corrected chi connectivity index (χ2v) is 8.06. The highest BCUT2D eigenvalue weighted by Crippen LogP contribution is 2.28. The molecule has 0 amide bonds. The van der Waals surface area contributed by atoms with Gasteiger partial charge in [-0.2, -0.15) is 0 Å². The Bertz CT molecular complexity index is 1080. The largest absolute Gasteiger partial charge is 0.378 e. The molecule has 0 radical (unpaired) electrons. The Hall–Kier alpha value is -3.06. The van der Waals surface area contributed by atoms with Gasteiger partial charge < -0.3 is 15.1 Å². The van der Waals surface area contributed by atoms with Crippen LogP contribution < -0.4 is 15.1 Å².